The third-order valence-electron chi connectivity index (χ3n) is 3.87. The van der Waals surface area contributed by atoms with Gasteiger partial charge in [-0.15, -0.1) is 11.6 Å². The van der Waals surface area contributed by atoms with Gasteiger partial charge in [0.25, 0.3) is 0 Å². The summed E-state index contributed by atoms with van der Waals surface area (Å²) in [6.45, 7) is 4.02. The summed E-state index contributed by atoms with van der Waals surface area (Å²) >= 11 is 5.86. The summed E-state index contributed by atoms with van der Waals surface area (Å²) in [7, 11) is 0. The minimum atomic E-state index is 0.144. The lowest BCUT2D eigenvalue weighted by Crippen LogP contribution is -2.31. The molecule has 3 heterocycles. The van der Waals surface area contributed by atoms with Crippen molar-refractivity contribution in [1.82, 2.24) is 19.4 Å². The number of imidazole rings is 1. The largest absolute Gasteiger partial charge is 0.341 e. The zero-order chi connectivity index (χ0) is 14.8. The van der Waals surface area contributed by atoms with Gasteiger partial charge in [0, 0.05) is 31.6 Å². The number of aryl methyl sites for hydroxylation is 2. The van der Waals surface area contributed by atoms with Gasteiger partial charge < -0.3 is 9.47 Å². The molecular weight excluding hydrogens is 288 g/mol. The molecule has 6 heteroatoms. The number of amides is 1. The standard InChI is InChI=1S/C15H19ClN4O/c1-11-8-12-15(17-9-11)20(13(18-12)4-5-16)10-14(21)19-6-2-3-7-19/h8-9H,2-7,10H2,1H3. The van der Waals surface area contributed by atoms with Crippen LogP contribution >= 0.6 is 11.6 Å². The van der Waals surface area contributed by atoms with E-state index in [2.05, 4.69) is 9.97 Å². The van der Waals surface area contributed by atoms with Gasteiger partial charge in [0.1, 0.15) is 17.9 Å². The topological polar surface area (TPSA) is 51.0 Å². The van der Waals surface area contributed by atoms with Crippen molar-refractivity contribution in [2.75, 3.05) is 19.0 Å². The second kappa shape index (κ2) is 6.02. The molecule has 0 unspecified atom stereocenters. The zero-order valence-corrected chi connectivity index (χ0v) is 12.9. The highest BCUT2D eigenvalue weighted by molar-refractivity contribution is 6.17. The predicted octanol–water partition coefficient (Wildman–Crippen LogP) is 2.14. The summed E-state index contributed by atoms with van der Waals surface area (Å²) in [5.41, 5.74) is 2.67. The van der Waals surface area contributed by atoms with E-state index in [1.54, 1.807) is 0 Å². The average molecular weight is 307 g/mol. The zero-order valence-electron chi connectivity index (χ0n) is 12.2. The highest BCUT2D eigenvalue weighted by atomic mass is 35.5. The molecule has 0 atom stereocenters. The number of carbonyl (C=O) groups is 1. The van der Waals surface area contributed by atoms with Gasteiger partial charge in [-0.1, -0.05) is 0 Å². The molecule has 1 fully saturated rings. The van der Waals surface area contributed by atoms with E-state index in [9.17, 15) is 4.79 Å². The van der Waals surface area contributed by atoms with Crippen molar-refractivity contribution in [1.29, 1.82) is 0 Å². The first-order valence-electron chi connectivity index (χ1n) is 7.34. The number of aromatic nitrogens is 3. The Labute approximate surface area is 128 Å². The second-order valence-corrected chi connectivity index (χ2v) is 5.87. The van der Waals surface area contributed by atoms with E-state index < -0.39 is 0 Å². The smallest absolute Gasteiger partial charge is 0.242 e. The Hall–Kier alpha value is -1.62. The minimum Gasteiger partial charge on any atom is -0.341 e. The van der Waals surface area contributed by atoms with E-state index in [1.807, 2.05) is 28.7 Å². The molecule has 1 aliphatic heterocycles. The van der Waals surface area contributed by atoms with Gasteiger partial charge in [-0.3, -0.25) is 4.79 Å². The Morgan fingerprint density at radius 2 is 2.14 bits per heavy atom. The van der Waals surface area contributed by atoms with Crippen molar-refractivity contribution in [2.24, 2.45) is 0 Å². The van der Waals surface area contributed by atoms with Crippen molar-refractivity contribution < 1.29 is 4.79 Å². The molecule has 1 saturated heterocycles. The fraction of sp³-hybridized carbons (Fsp3) is 0.533. The van der Waals surface area contributed by atoms with Crippen LogP contribution in [0.3, 0.4) is 0 Å². The van der Waals surface area contributed by atoms with Gasteiger partial charge in [-0.05, 0) is 31.4 Å². The quantitative estimate of drug-likeness (QED) is 0.813. The van der Waals surface area contributed by atoms with Crippen LogP contribution in [0.25, 0.3) is 11.2 Å². The van der Waals surface area contributed by atoms with Crippen molar-refractivity contribution in [2.45, 2.75) is 32.7 Å². The van der Waals surface area contributed by atoms with Crippen LogP contribution in [0.4, 0.5) is 0 Å². The summed E-state index contributed by atoms with van der Waals surface area (Å²) in [6.07, 6.45) is 4.65. The maximum absolute atomic E-state index is 12.4. The fourth-order valence-corrected chi connectivity index (χ4v) is 2.97. The van der Waals surface area contributed by atoms with E-state index in [-0.39, 0.29) is 5.91 Å². The summed E-state index contributed by atoms with van der Waals surface area (Å²) in [6, 6.07) is 2.00. The molecule has 3 rings (SSSR count). The van der Waals surface area contributed by atoms with E-state index in [0.29, 0.717) is 18.8 Å². The fourth-order valence-electron chi connectivity index (χ4n) is 2.80. The van der Waals surface area contributed by atoms with Gasteiger partial charge in [-0.25, -0.2) is 9.97 Å². The van der Waals surface area contributed by atoms with Crippen LogP contribution in [0, 0.1) is 6.92 Å². The molecule has 0 N–H and O–H groups in total. The van der Waals surface area contributed by atoms with Crippen LogP contribution in [0.5, 0.6) is 0 Å². The Balaban J connectivity index is 1.94. The summed E-state index contributed by atoms with van der Waals surface area (Å²) in [4.78, 5) is 23.4. The number of hydrogen-bond donors (Lipinski definition) is 0. The molecule has 5 nitrogen and oxygen atoms in total. The number of rotatable bonds is 4. The molecule has 2 aromatic heterocycles. The van der Waals surface area contributed by atoms with Crippen LogP contribution in [0.2, 0.25) is 0 Å². The van der Waals surface area contributed by atoms with Crippen LogP contribution in [-0.2, 0) is 17.8 Å². The molecule has 0 aliphatic carbocycles. The molecule has 0 aromatic carbocycles. The average Bonchev–Trinajstić information content (AvgIpc) is 3.08. The van der Waals surface area contributed by atoms with Crippen LogP contribution in [0.1, 0.15) is 24.2 Å². The molecule has 0 radical (unpaired) electrons. The number of likely N-dealkylation sites (tertiary alicyclic amines) is 1. The number of carbonyl (C=O) groups excluding carboxylic acids is 1. The van der Waals surface area contributed by atoms with Gasteiger partial charge in [0.05, 0.1) is 0 Å². The number of hydrogen-bond acceptors (Lipinski definition) is 3. The molecule has 1 aliphatic rings. The lowest BCUT2D eigenvalue weighted by atomic mass is 10.3. The Morgan fingerprint density at radius 1 is 1.38 bits per heavy atom. The van der Waals surface area contributed by atoms with Crippen LogP contribution in [-0.4, -0.2) is 44.3 Å². The van der Waals surface area contributed by atoms with Gasteiger partial charge >= 0.3 is 0 Å². The SMILES string of the molecule is Cc1cnc2c(c1)nc(CCCl)n2CC(=O)N1CCCC1. The highest BCUT2D eigenvalue weighted by Gasteiger charge is 2.21. The van der Waals surface area contributed by atoms with Gasteiger partial charge in [-0.2, -0.15) is 0 Å². The van der Waals surface area contributed by atoms with Crippen molar-refractivity contribution in [3.8, 4) is 0 Å². The number of halogens is 1. The van der Waals surface area contributed by atoms with Crippen LogP contribution in [0.15, 0.2) is 12.3 Å². The molecule has 0 saturated carbocycles. The molecular formula is C15H19ClN4O. The first-order valence-corrected chi connectivity index (χ1v) is 7.88. The molecule has 1 amide bonds. The Bertz CT molecular complexity index is 661. The highest BCUT2D eigenvalue weighted by Crippen LogP contribution is 2.17. The third kappa shape index (κ3) is 2.88. The summed E-state index contributed by atoms with van der Waals surface area (Å²) in [5, 5.41) is 0. The third-order valence-corrected chi connectivity index (χ3v) is 4.06. The number of pyridine rings is 1. The van der Waals surface area contributed by atoms with Crippen molar-refractivity contribution >= 4 is 28.7 Å². The molecule has 0 spiro atoms. The monoisotopic (exact) mass is 306 g/mol. The summed E-state index contributed by atoms with van der Waals surface area (Å²) < 4.78 is 1.91. The lowest BCUT2D eigenvalue weighted by Gasteiger charge is -2.16. The first-order chi connectivity index (χ1) is 10.2. The Morgan fingerprint density at radius 3 is 2.86 bits per heavy atom. The molecule has 112 valence electrons. The number of nitrogens with zero attached hydrogens (tertiary/aromatic N) is 4. The maximum atomic E-state index is 12.4. The van der Waals surface area contributed by atoms with Gasteiger partial charge in [0.2, 0.25) is 5.91 Å². The second-order valence-electron chi connectivity index (χ2n) is 5.50. The van der Waals surface area contributed by atoms with E-state index >= 15 is 0 Å². The maximum Gasteiger partial charge on any atom is 0.242 e. The molecule has 0 bridgehead atoms. The predicted molar refractivity (Wildman–Crippen MR) is 82.5 cm³/mol. The number of alkyl halides is 1. The van der Waals surface area contributed by atoms with Crippen molar-refractivity contribution in [3.63, 3.8) is 0 Å². The molecule has 21 heavy (non-hydrogen) atoms. The van der Waals surface area contributed by atoms with E-state index in [0.717, 1.165) is 48.5 Å². The lowest BCUT2D eigenvalue weighted by molar-refractivity contribution is -0.130. The minimum absolute atomic E-state index is 0.144. The van der Waals surface area contributed by atoms with Crippen molar-refractivity contribution in [3.05, 3.63) is 23.7 Å². The summed E-state index contributed by atoms with van der Waals surface area (Å²) in [5.74, 6) is 1.47. The van der Waals surface area contributed by atoms with Gasteiger partial charge in [0.15, 0.2) is 5.65 Å². The molecule has 2 aromatic rings. The number of fused-ring (bicyclic) bond motifs is 1. The Kier molecular flexibility index (Phi) is 4.10. The van der Waals surface area contributed by atoms with E-state index in [1.165, 1.54) is 0 Å². The van der Waals surface area contributed by atoms with E-state index in [4.69, 9.17) is 11.6 Å². The first kappa shape index (κ1) is 14.3. The normalized spacial score (nSPS) is 15.0. The van der Waals surface area contributed by atoms with Crippen LogP contribution < -0.4 is 0 Å².